The van der Waals surface area contributed by atoms with Crippen LogP contribution in [0.5, 0.6) is 0 Å². The van der Waals surface area contributed by atoms with Crippen molar-refractivity contribution in [1.82, 2.24) is 10.7 Å². The van der Waals surface area contributed by atoms with Crippen LogP contribution in [0.2, 0.25) is 0 Å². The summed E-state index contributed by atoms with van der Waals surface area (Å²) in [6.07, 6.45) is 3.40. The highest BCUT2D eigenvalue weighted by Crippen LogP contribution is 2.16. The van der Waals surface area contributed by atoms with E-state index < -0.39 is 0 Å². The summed E-state index contributed by atoms with van der Waals surface area (Å²) in [4.78, 5) is 0. The number of hydrogen-bond donors (Lipinski definition) is 2. The van der Waals surface area contributed by atoms with Gasteiger partial charge < -0.3 is 9.73 Å². The van der Waals surface area contributed by atoms with E-state index >= 15 is 0 Å². The van der Waals surface area contributed by atoms with E-state index in [1.165, 1.54) is 5.39 Å². The molecule has 0 atom stereocenters. The second kappa shape index (κ2) is 6.87. The minimum atomic E-state index is 0.452. The van der Waals surface area contributed by atoms with Crippen LogP contribution in [0.25, 0.3) is 10.8 Å². The zero-order valence-corrected chi connectivity index (χ0v) is 12.6. The first-order chi connectivity index (χ1) is 10.8. The van der Waals surface area contributed by atoms with Crippen LogP contribution in [-0.2, 0) is 6.54 Å². The third kappa shape index (κ3) is 3.51. The molecule has 1 aromatic heterocycles. The van der Waals surface area contributed by atoms with Crippen molar-refractivity contribution < 1.29 is 4.42 Å². The van der Waals surface area contributed by atoms with Gasteiger partial charge in [0.1, 0.15) is 5.76 Å². The summed E-state index contributed by atoms with van der Waals surface area (Å²) >= 11 is 5.16. The number of fused-ring (bicyclic) bond motifs is 1. The smallest absolute Gasteiger partial charge is 0.187 e. The fourth-order valence-electron chi connectivity index (χ4n) is 2.14. The van der Waals surface area contributed by atoms with Crippen LogP contribution < -0.4 is 10.7 Å². The van der Waals surface area contributed by atoms with Crippen LogP contribution in [-0.4, -0.2) is 11.3 Å². The normalized spacial score (nSPS) is 10.9. The Morgan fingerprint density at radius 3 is 2.82 bits per heavy atom. The third-order valence-electron chi connectivity index (χ3n) is 3.20. The van der Waals surface area contributed by atoms with E-state index in [1.54, 1.807) is 12.5 Å². The summed E-state index contributed by atoms with van der Waals surface area (Å²) in [5, 5.41) is 10.00. The van der Waals surface area contributed by atoms with Crippen molar-refractivity contribution in [3.05, 3.63) is 72.2 Å². The Balaban J connectivity index is 1.60. The summed E-state index contributed by atoms with van der Waals surface area (Å²) in [5.74, 6) is 0.821. The molecule has 0 radical (unpaired) electrons. The molecule has 5 heteroatoms. The molecule has 0 saturated heterocycles. The quantitative estimate of drug-likeness (QED) is 0.440. The molecule has 0 fully saturated rings. The van der Waals surface area contributed by atoms with Gasteiger partial charge in [-0.1, -0.05) is 42.5 Å². The number of hydrazone groups is 1. The van der Waals surface area contributed by atoms with Gasteiger partial charge in [0.05, 0.1) is 19.0 Å². The van der Waals surface area contributed by atoms with Crippen LogP contribution in [0.4, 0.5) is 0 Å². The first-order valence-electron chi connectivity index (χ1n) is 6.90. The molecule has 1 heterocycles. The molecule has 0 bridgehead atoms. The van der Waals surface area contributed by atoms with Gasteiger partial charge in [0, 0.05) is 5.56 Å². The minimum absolute atomic E-state index is 0.452. The summed E-state index contributed by atoms with van der Waals surface area (Å²) in [6, 6.07) is 18.0. The molecule has 3 rings (SSSR count). The minimum Gasteiger partial charge on any atom is -0.467 e. The molecule has 22 heavy (non-hydrogen) atoms. The van der Waals surface area contributed by atoms with E-state index in [0.29, 0.717) is 11.7 Å². The van der Waals surface area contributed by atoms with Gasteiger partial charge in [-0.25, -0.2) is 0 Å². The SMILES string of the molecule is S=C(NCc1ccco1)N/N=C\c1cccc2ccccc12. The van der Waals surface area contributed by atoms with E-state index in [2.05, 4.69) is 34.0 Å². The maximum Gasteiger partial charge on any atom is 0.187 e. The number of rotatable bonds is 4. The summed E-state index contributed by atoms with van der Waals surface area (Å²) in [5.41, 5.74) is 3.85. The van der Waals surface area contributed by atoms with Crippen molar-refractivity contribution in [2.45, 2.75) is 6.54 Å². The molecule has 0 aliphatic rings. The van der Waals surface area contributed by atoms with E-state index in [4.69, 9.17) is 16.6 Å². The predicted molar refractivity (Wildman–Crippen MR) is 92.8 cm³/mol. The summed E-state index contributed by atoms with van der Waals surface area (Å²) in [6.45, 7) is 0.530. The Kier molecular flexibility index (Phi) is 4.46. The molecule has 0 unspecified atom stereocenters. The van der Waals surface area contributed by atoms with Gasteiger partial charge in [0.2, 0.25) is 0 Å². The maximum atomic E-state index is 5.22. The Morgan fingerprint density at radius 2 is 1.95 bits per heavy atom. The highest BCUT2D eigenvalue weighted by atomic mass is 32.1. The van der Waals surface area contributed by atoms with Gasteiger partial charge >= 0.3 is 0 Å². The van der Waals surface area contributed by atoms with Crippen molar-refractivity contribution in [3.63, 3.8) is 0 Å². The van der Waals surface area contributed by atoms with E-state index in [1.807, 2.05) is 36.4 Å². The lowest BCUT2D eigenvalue weighted by atomic mass is 10.1. The number of thiocarbonyl (C=S) groups is 1. The van der Waals surface area contributed by atoms with Crippen molar-refractivity contribution in [2.24, 2.45) is 5.10 Å². The highest BCUT2D eigenvalue weighted by Gasteiger charge is 1.98. The van der Waals surface area contributed by atoms with Crippen LogP contribution in [0.3, 0.4) is 0 Å². The zero-order chi connectivity index (χ0) is 15.2. The molecule has 0 saturated carbocycles. The summed E-state index contributed by atoms with van der Waals surface area (Å²) in [7, 11) is 0. The standard InChI is InChI=1S/C17H15N3OS/c22-17(18-12-15-8-4-10-21-15)20-19-11-14-7-3-6-13-5-1-2-9-16(13)14/h1-11H,12H2,(H2,18,20,22)/b19-11-. The fourth-order valence-corrected chi connectivity index (χ4v) is 2.27. The maximum absolute atomic E-state index is 5.22. The second-order valence-electron chi connectivity index (χ2n) is 4.70. The second-order valence-corrected chi connectivity index (χ2v) is 5.11. The summed E-state index contributed by atoms with van der Waals surface area (Å²) < 4.78 is 5.22. The van der Waals surface area contributed by atoms with Crippen molar-refractivity contribution in [2.75, 3.05) is 0 Å². The van der Waals surface area contributed by atoms with Crippen LogP contribution in [0, 0.1) is 0 Å². The largest absolute Gasteiger partial charge is 0.467 e. The van der Waals surface area contributed by atoms with Gasteiger partial charge in [0.15, 0.2) is 5.11 Å². The molecule has 0 aliphatic heterocycles. The fraction of sp³-hybridized carbons (Fsp3) is 0.0588. The lowest BCUT2D eigenvalue weighted by Gasteiger charge is -2.05. The van der Waals surface area contributed by atoms with Crippen molar-refractivity contribution >= 4 is 34.3 Å². The number of furan rings is 1. The average molecular weight is 309 g/mol. The Morgan fingerprint density at radius 1 is 1.09 bits per heavy atom. The van der Waals surface area contributed by atoms with E-state index in [9.17, 15) is 0 Å². The molecule has 4 nitrogen and oxygen atoms in total. The molecule has 0 spiro atoms. The van der Waals surface area contributed by atoms with Crippen molar-refractivity contribution in [1.29, 1.82) is 0 Å². The van der Waals surface area contributed by atoms with Gasteiger partial charge in [-0.2, -0.15) is 5.10 Å². The van der Waals surface area contributed by atoms with Gasteiger partial charge in [-0.15, -0.1) is 0 Å². The van der Waals surface area contributed by atoms with Gasteiger partial charge in [0.25, 0.3) is 0 Å². The molecule has 0 amide bonds. The van der Waals surface area contributed by atoms with E-state index in [0.717, 1.165) is 16.7 Å². The zero-order valence-electron chi connectivity index (χ0n) is 11.8. The number of nitrogens with one attached hydrogen (secondary N) is 2. The first-order valence-corrected chi connectivity index (χ1v) is 7.31. The Bertz CT molecular complexity index is 791. The first kappa shape index (κ1) is 14.3. The number of nitrogens with zero attached hydrogens (tertiary/aromatic N) is 1. The monoisotopic (exact) mass is 309 g/mol. The lowest BCUT2D eigenvalue weighted by Crippen LogP contribution is -2.31. The molecule has 0 aliphatic carbocycles. The van der Waals surface area contributed by atoms with Crippen LogP contribution in [0.1, 0.15) is 11.3 Å². The molecular formula is C17H15N3OS. The molecular weight excluding hydrogens is 294 g/mol. The van der Waals surface area contributed by atoms with Gasteiger partial charge in [-0.05, 0) is 35.1 Å². The van der Waals surface area contributed by atoms with E-state index in [-0.39, 0.29) is 0 Å². The number of benzene rings is 2. The topological polar surface area (TPSA) is 49.6 Å². The number of hydrogen-bond acceptors (Lipinski definition) is 3. The van der Waals surface area contributed by atoms with Gasteiger partial charge in [-0.3, -0.25) is 5.43 Å². The molecule has 110 valence electrons. The Hall–Kier alpha value is -2.66. The molecule has 2 aromatic carbocycles. The Labute approximate surface area is 133 Å². The van der Waals surface area contributed by atoms with Crippen molar-refractivity contribution in [3.8, 4) is 0 Å². The van der Waals surface area contributed by atoms with Crippen LogP contribution in [0.15, 0.2) is 70.4 Å². The predicted octanol–water partition coefficient (Wildman–Crippen LogP) is 3.43. The van der Waals surface area contributed by atoms with Crippen LogP contribution >= 0.6 is 12.2 Å². The highest BCUT2D eigenvalue weighted by molar-refractivity contribution is 7.80. The lowest BCUT2D eigenvalue weighted by molar-refractivity contribution is 0.502. The third-order valence-corrected chi connectivity index (χ3v) is 3.43. The average Bonchev–Trinajstić information content (AvgIpc) is 3.07. The molecule has 3 aromatic rings. The molecule has 2 N–H and O–H groups in total.